The number of hydrogen-bond donors (Lipinski definition) is 1. The van der Waals surface area contributed by atoms with Crippen LogP contribution in [0.3, 0.4) is 0 Å². The van der Waals surface area contributed by atoms with E-state index in [2.05, 4.69) is 25.0 Å². The van der Waals surface area contributed by atoms with E-state index in [-0.39, 0.29) is 30.7 Å². The third kappa shape index (κ3) is 5.70. The van der Waals surface area contributed by atoms with Crippen molar-refractivity contribution in [3.63, 3.8) is 0 Å². The van der Waals surface area contributed by atoms with Crippen molar-refractivity contribution in [2.24, 2.45) is 0 Å². The van der Waals surface area contributed by atoms with Crippen molar-refractivity contribution in [1.29, 1.82) is 0 Å². The van der Waals surface area contributed by atoms with Crippen molar-refractivity contribution in [2.75, 3.05) is 6.54 Å². The quantitative estimate of drug-likeness (QED) is 0.136. The number of nitrogens with one attached hydrogen (secondary N) is 1. The molecule has 242 valence electrons. The minimum Gasteiger partial charge on any atom is -0.457 e. The number of amides is 1. The highest BCUT2D eigenvalue weighted by atomic mass is 28.3. The molecular formula is C33H37N3O9Si. The van der Waals surface area contributed by atoms with E-state index in [1.807, 2.05) is 5.70 Å². The maximum absolute atomic E-state index is 14.1. The van der Waals surface area contributed by atoms with E-state index in [0.29, 0.717) is 22.7 Å². The van der Waals surface area contributed by atoms with Gasteiger partial charge in [0.05, 0.1) is 29.0 Å². The molecule has 3 aromatic rings. The van der Waals surface area contributed by atoms with Crippen LogP contribution in [0.25, 0.3) is 22.3 Å². The first-order valence-electron chi connectivity index (χ1n) is 14.9. The molecule has 0 bridgehead atoms. The van der Waals surface area contributed by atoms with Crippen LogP contribution in [0, 0.1) is 0 Å². The molecule has 46 heavy (non-hydrogen) atoms. The highest BCUT2D eigenvalue weighted by Crippen LogP contribution is 2.41. The van der Waals surface area contributed by atoms with Crippen LogP contribution in [0.1, 0.15) is 57.7 Å². The first-order chi connectivity index (χ1) is 21.5. The molecule has 0 unspecified atom stereocenters. The number of hydrogen-bond acceptors (Lipinski definition) is 10. The first-order valence-corrected chi connectivity index (χ1v) is 18.0. The van der Waals surface area contributed by atoms with Gasteiger partial charge in [0, 0.05) is 23.4 Å². The van der Waals surface area contributed by atoms with Crippen LogP contribution in [0.15, 0.2) is 41.3 Å². The molecule has 0 aliphatic carbocycles. The lowest BCUT2D eigenvalue weighted by Gasteiger charge is -2.35. The molecule has 13 heteroatoms. The maximum atomic E-state index is 14.1. The number of fused-ring (bicyclic) bond motifs is 5. The summed E-state index contributed by atoms with van der Waals surface area (Å²) in [6, 6.07) is 6.89. The molecule has 2 aromatic heterocycles. The van der Waals surface area contributed by atoms with Crippen LogP contribution in [0.2, 0.25) is 13.1 Å². The lowest BCUT2D eigenvalue weighted by atomic mass is 9.85. The van der Waals surface area contributed by atoms with E-state index < -0.39 is 55.4 Å². The van der Waals surface area contributed by atoms with Gasteiger partial charge in [0.25, 0.3) is 5.56 Å². The number of esters is 3. The van der Waals surface area contributed by atoms with Crippen LogP contribution in [0.5, 0.6) is 5.75 Å². The van der Waals surface area contributed by atoms with Gasteiger partial charge in [0.15, 0.2) is 0 Å². The Morgan fingerprint density at radius 2 is 1.89 bits per heavy atom. The smallest absolute Gasteiger partial charge is 0.408 e. The van der Waals surface area contributed by atoms with Crippen molar-refractivity contribution >= 4 is 48.2 Å². The summed E-state index contributed by atoms with van der Waals surface area (Å²) < 4.78 is 23.3. The molecule has 0 radical (unpaired) electrons. The van der Waals surface area contributed by atoms with Crippen LogP contribution in [-0.4, -0.2) is 53.8 Å². The van der Waals surface area contributed by atoms with Crippen LogP contribution in [0.4, 0.5) is 4.79 Å². The lowest BCUT2D eigenvalue weighted by Crippen LogP contribution is -2.49. The Labute approximate surface area is 266 Å². The Morgan fingerprint density at radius 3 is 2.52 bits per heavy atom. The second kappa shape index (κ2) is 11.5. The molecule has 0 fully saturated rings. The third-order valence-corrected chi connectivity index (χ3v) is 11.0. The summed E-state index contributed by atoms with van der Waals surface area (Å²) in [5, 5.41) is 4.13. The Kier molecular flexibility index (Phi) is 8.18. The van der Waals surface area contributed by atoms with Crippen molar-refractivity contribution in [2.45, 2.75) is 78.5 Å². The fourth-order valence-corrected chi connectivity index (χ4v) is 8.05. The second-order valence-corrected chi connectivity index (χ2v) is 17.3. The lowest BCUT2D eigenvalue weighted by molar-refractivity contribution is -0.188. The molecule has 1 aromatic carbocycles. The van der Waals surface area contributed by atoms with E-state index >= 15 is 0 Å². The molecule has 4 heterocycles. The molecular weight excluding hydrogens is 610 g/mol. The second-order valence-electron chi connectivity index (χ2n) is 12.9. The van der Waals surface area contributed by atoms with E-state index in [1.54, 1.807) is 56.5 Å². The van der Waals surface area contributed by atoms with E-state index in [9.17, 15) is 24.0 Å². The largest absolute Gasteiger partial charge is 0.457 e. The Balaban J connectivity index is 1.63. The number of ether oxygens (including phenoxy) is 4. The molecule has 2 aliphatic rings. The van der Waals surface area contributed by atoms with Gasteiger partial charge in [-0.05, 0) is 56.6 Å². The zero-order chi connectivity index (χ0) is 33.8. The Bertz CT molecular complexity index is 1890. The molecule has 5 rings (SSSR count). The predicted octanol–water partition coefficient (Wildman–Crippen LogP) is 3.72. The predicted molar refractivity (Wildman–Crippen MR) is 171 cm³/mol. The minimum atomic E-state index is -2.35. The summed E-state index contributed by atoms with van der Waals surface area (Å²) >= 11 is 0. The SMILES string of the molecule is C=C[Si](C)(C)c1c2c(nc3ccc(OC(C)=O)cc13)-c1cc3c(c(=O)n1C2)COC(=O)[C@@]3(CC)OC(=O)CNC(=O)OC(C)(C)C. The molecule has 0 saturated heterocycles. The standard InChI is InChI=1S/C33H37N3O9Si/c1-9-33(44-26(38)15-34-31(41)45-32(4,5)6)23-14-25-27-21(16-36(25)29(39)22(23)17-42-30(33)40)28(46(7,8)10-2)20-13-19(43-18(3)37)11-12-24(20)35-27/h10-14H,2,9,15-17H2,1,3-8H3,(H,34,41)/t33-/m0/s1. The summed E-state index contributed by atoms with van der Waals surface area (Å²) in [6.45, 7) is 15.7. The Morgan fingerprint density at radius 1 is 1.17 bits per heavy atom. The molecule has 1 amide bonds. The van der Waals surface area contributed by atoms with Gasteiger partial charge in [-0.1, -0.05) is 25.7 Å². The average molecular weight is 648 g/mol. The summed E-state index contributed by atoms with van der Waals surface area (Å²) in [6.07, 6.45) is -0.854. The topological polar surface area (TPSA) is 152 Å². The molecule has 1 N–H and O–H groups in total. The average Bonchev–Trinajstić information content (AvgIpc) is 3.33. The number of carbonyl (C=O) groups excluding carboxylic acids is 4. The van der Waals surface area contributed by atoms with Crippen LogP contribution < -0.4 is 20.8 Å². The number of pyridine rings is 2. The van der Waals surface area contributed by atoms with Gasteiger partial charge in [-0.3, -0.25) is 14.4 Å². The van der Waals surface area contributed by atoms with Crippen molar-refractivity contribution in [1.82, 2.24) is 14.9 Å². The van der Waals surface area contributed by atoms with Gasteiger partial charge >= 0.3 is 24.0 Å². The molecule has 0 saturated carbocycles. The zero-order valence-corrected chi connectivity index (χ0v) is 28.0. The summed E-state index contributed by atoms with van der Waals surface area (Å²) in [7, 11) is -2.35. The highest BCUT2D eigenvalue weighted by Gasteiger charge is 2.50. The first kappa shape index (κ1) is 32.6. The van der Waals surface area contributed by atoms with E-state index in [4.69, 9.17) is 23.9 Å². The third-order valence-electron chi connectivity index (χ3n) is 8.11. The molecule has 12 nitrogen and oxygen atoms in total. The number of nitrogens with zero attached hydrogens (tertiary/aromatic N) is 2. The highest BCUT2D eigenvalue weighted by molar-refractivity contribution is 6.95. The van der Waals surface area contributed by atoms with Crippen molar-refractivity contribution < 1.29 is 38.1 Å². The van der Waals surface area contributed by atoms with Gasteiger partial charge in [-0.25, -0.2) is 14.6 Å². The molecule has 0 spiro atoms. The monoisotopic (exact) mass is 647 g/mol. The number of alkyl carbamates (subject to hydrolysis) is 1. The Hall–Kier alpha value is -4.78. The van der Waals surface area contributed by atoms with Gasteiger partial charge in [0.2, 0.25) is 5.60 Å². The minimum absolute atomic E-state index is 0.0293. The zero-order valence-electron chi connectivity index (χ0n) is 27.0. The number of carbonyl (C=O) groups is 4. The van der Waals surface area contributed by atoms with Gasteiger partial charge in [-0.15, -0.1) is 6.58 Å². The number of benzene rings is 1. The van der Waals surface area contributed by atoms with Crippen LogP contribution in [-0.2, 0) is 47.3 Å². The fraction of sp³-hybridized carbons (Fsp3) is 0.394. The number of aromatic nitrogens is 2. The van der Waals surface area contributed by atoms with Gasteiger partial charge in [-0.2, -0.15) is 0 Å². The van der Waals surface area contributed by atoms with Gasteiger partial charge < -0.3 is 28.8 Å². The fourth-order valence-electron chi connectivity index (χ4n) is 5.97. The van der Waals surface area contributed by atoms with E-state index in [1.165, 1.54) is 6.92 Å². The molecule has 1 atom stereocenters. The number of cyclic esters (lactones) is 1. The summed E-state index contributed by atoms with van der Waals surface area (Å²) in [4.78, 5) is 69.2. The summed E-state index contributed by atoms with van der Waals surface area (Å²) in [5.41, 5.74) is 1.74. The summed E-state index contributed by atoms with van der Waals surface area (Å²) in [5.74, 6) is -1.79. The van der Waals surface area contributed by atoms with Crippen molar-refractivity contribution in [3.05, 3.63) is 63.6 Å². The number of rotatable bonds is 7. The van der Waals surface area contributed by atoms with Gasteiger partial charge in [0.1, 0.15) is 32.6 Å². The maximum Gasteiger partial charge on any atom is 0.408 e. The van der Waals surface area contributed by atoms with Crippen LogP contribution >= 0.6 is 0 Å². The van der Waals surface area contributed by atoms with E-state index in [0.717, 1.165) is 16.1 Å². The van der Waals surface area contributed by atoms with Crippen molar-refractivity contribution in [3.8, 4) is 17.1 Å². The normalized spacial score (nSPS) is 16.9. The molecule has 2 aliphatic heterocycles.